The van der Waals surface area contributed by atoms with Crippen LogP contribution in [0.4, 0.5) is 0 Å². The Labute approximate surface area is 95.0 Å². The summed E-state index contributed by atoms with van der Waals surface area (Å²) < 4.78 is 4.97. The first-order valence-electron chi connectivity index (χ1n) is 5.44. The van der Waals surface area contributed by atoms with E-state index in [4.69, 9.17) is 9.63 Å². The highest BCUT2D eigenvalue weighted by molar-refractivity contribution is 5.96. The highest BCUT2D eigenvalue weighted by Gasteiger charge is 2.21. The highest BCUT2D eigenvalue weighted by atomic mass is 16.5. The summed E-state index contributed by atoms with van der Waals surface area (Å²) in [5.74, 6) is 0.470. The maximum absolute atomic E-state index is 12.1. The van der Waals surface area contributed by atoms with Crippen molar-refractivity contribution in [3.8, 4) is 0 Å². The van der Waals surface area contributed by atoms with Crippen LogP contribution in [0.15, 0.2) is 4.52 Å². The van der Waals surface area contributed by atoms with Crippen molar-refractivity contribution in [1.82, 2.24) is 10.1 Å². The molecule has 0 radical (unpaired) electrons. The molecular weight excluding hydrogens is 208 g/mol. The summed E-state index contributed by atoms with van der Waals surface area (Å²) in [7, 11) is 0. The van der Waals surface area contributed by atoms with Gasteiger partial charge in [-0.3, -0.25) is 4.79 Å². The molecule has 0 aliphatic rings. The molecule has 1 amide bonds. The monoisotopic (exact) mass is 226 g/mol. The number of hydrogen-bond donors (Lipinski definition) is 1. The van der Waals surface area contributed by atoms with E-state index in [0.717, 1.165) is 0 Å². The SMILES string of the molecule is CCN(CCCO)C(=O)c1c(C)noc1C. The van der Waals surface area contributed by atoms with Crippen molar-refractivity contribution in [3.05, 3.63) is 17.0 Å². The molecule has 1 heterocycles. The molecule has 0 atom stereocenters. The second-order valence-electron chi connectivity index (χ2n) is 3.66. The molecule has 5 heteroatoms. The van der Waals surface area contributed by atoms with Gasteiger partial charge in [-0.2, -0.15) is 0 Å². The summed E-state index contributed by atoms with van der Waals surface area (Å²) in [6.45, 7) is 6.65. The van der Waals surface area contributed by atoms with Crippen molar-refractivity contribution < 1.29 is 14.4 Å². The highest BCUT2D eigenvalue weighted by Crippen LogP contribution is 2.15. The van der Waals surface area contributed by atoms with E-state index < -0.39 is 0 Å². The van der Waals surface area contributed by atoms with Gasteiger partial charge in [-0.05, 0) is 27.2 Å². The summed E-state index contributed by atoms with van der Waals surface area (Å²) in [4.78, 5) is 13.8. The van der Waals surface area contributed by atoms with Crippen molar-refractivity contribution in [2.24, 2.45) is 0 Å². The topological polar surface area (TPSA) is 66.6 Å². The number of aliphatic hydroxyl groups excluding tert-OH is 1. The largest absolute Gasteiger partial charge is 0.396 e. The van der Waals surface area contributed by atoms with Gasteiger partial charge in [0.25, 0.3) is 5.91 Å². The lowest BCUT2D eigenvalue weighted by Crippen LogP contribution is -2.32. The van der Waals surface area contributed by atoms with Crippen LogP contribution in [0.3, 0.4) is 0 Å². The molecule has 0 saturated carbocycles. The minimum absolute atomic E-state index is 0.0767. The molecular formula is C11H18N2O3. The van der Waals surface area contributed by atoms with Gasteiger partial charge in [-0.1, -0.05) is 5.16 Å². The molecule has 1 rings (SSSR count). The first-order valence-corrected chi connectivity index (χ1v) is 5.44. The van der Waals surface area contributed by atoms with E-state index in [1.807, 2.05) is 6.92 Å². The maximum Gasteiger partial charge on any atom is 0.259 e. The fraction of sp³-hybridized carbons (Fsp3) is 0.636. The van der Waals surface area contributed by atoms with E-state index >= 15 is 0 Å². The van der Waals surface area contributed by atoms with Crippen molar-refractivity contribution in [2.45, 2.75) is 27.2 Å². The number of hydrogen-bond acceptors (Lipinski definition) is 4. The van der Waals surface area contributed by atoms with Gasteiger partial charge in [-0.25, -0.2) is 0 Å². The lowest BCUT2D eigenvalue weighted by molar-refractivity contribution is 0.0752. The molecule has 90 valence electrons. The number of amides is 1. The second-order valence-corrected chi connectivity index (χ2v) is 3.66. The fourth-order valence-corrected chi connectivity index (χ4v) is 1.61. The maximum atomic E-state index is 12.1. The lowest BCUT2D eigenvalue weighted by Gasteiger charge is -2.20. The Balaban J connectivity index is 2.82. The van der Waals surface area contributed by atoms with Crippen LogP contribution in [0.5, 0.6) is 0 Å². The van der Waals surface area contributed by atoms with Gasteiger partial charge in [0, 0.05) is 19.7 Å². The van der Waals surface area contributed by atoms with Gasteiger partial charge >= 0.3 is 0 Å². The number of nitrogens with zero attached hydrogens (tertiary/aromatic N) is 2. The number of aliphatic hydroxyl groups is 1. The molecule has 1 aromatic heterocycles. The van der Waals surface area contributed by atoms with Crippen molar-refractivity contribution in [2.75, 3.05) is 19.7 Å². The minimum atomic E-state index is -0.0767. The fourth-order valence-electron chi connectivity index (χ4n) is 1.61. The van der Waals surface area contributed by atoms with Crippen LogP contribution in [-0.4, -0.2) is 40.8 Å². The van der Waals surface area contributed by atoms with E-state index in [9.17, 15) is 4.79 Å². The van der Waals surface area contributed by atoms with Crippen molar-refractivity contribution in [3.63, 3.8) is 0 Å². The summed E-state index contributed by atoms with van der Waals surface area (Å²) in [5.41, 5.74) is 1.16. The zero-order valence-corrected chi connectivity index (χ0v) is 9.99. The van der Waals surface area contributed by atoms with E-state index in [0.29, 0.717) is 36.5 Å². The first kappa shape index (κ1) is 12.7. The Morgan fingerprint density at radius 2 is 2.19 bits per heavy atom. The molecule has 5 nitrogen and oxygen atoms in total. The average molecular weight is 226 g/mol. The predicted octanol–water partition coefficient (Wildman–Crippen LogP) is 1.14. The van der Waals surface area contributed by atoms with Gasteiger partial charge in [0.15, 0.2) is 0 Å². The molecule has 0 fully saturated rings. The van der Waals surface area contributed by atoms with Crippen LogP contribution >= 0.6 is 0 Å². The van der Waals surface area contributed by atoms with E-state index in [1.54, 1.807) is 18.7 Å². The summed E-state index contributed by atoms with van der Waals surface area (Å²) in [5, 5.41) is 12.5. The molecule has 0 saturated heterocycles. The third kappa shape index (κ3) is 2.61. The Bertz CT molecular complexity index is 341. The average Bonchev–Trinajstić information content (AvgIpc) is 2.59. The van der Waals surface area contributed by atoms with Crippen LogP contribution in [0.2, 0.25) is 0 Å². The third-order valence-corrected chi connectivity index (χ3v) is 2.50. The van der Waals surface area contributed by atoms with Gasteiger partial charge in [-0.15, -0.1) is 0 Å². The van der Waals surface area contributed by atoms with Gasteiger partial charge in [0.1, 0.15) is 11.3 Å². The molecule has 0 spiro atoms. The van der Waals surface area contributed by atoms with E-state index in [-0.39, 0.29) is 12.5 Å². The zero-order valence-electron chi connectivity index (χ0n) is 9.99. The molecule has 0 aliphatic heterocycles. The number of aromatic nitrogens is 1. The molecule has 0 bridgehead atoms. The zero-order chi connectivity index (χ0) is 12.1. The molecule has 1 aromatic rings. The van der Waals surface area contributed by atoms with E-state index in [1.165, 1.54) is 0 Å². The summed E-state index contributed by atoms with van der Waals surface area (Å²) in [6, 6.07) is 0. The number of carbonyl (C=O) groups is 1. The standard InChI is InChI=1S/C11H18N2O3/c1-4-13(6-5-7-14)11(15)10-8(2)12-16-9(10)3/h14H,4-7H2,1-3H3. The Hall–Kier alpha value is -1.36. The van der Waals surface area contributed by atoms with Crippen LogP contribution in [0.1, 0.15) is 35.2 Å². The van der Waals surface area contributed by atoms with Gasteiger partial charge in [0.2, 0.25) is 0 Å². The van der Waals surface area contributed by atoms with Crippen LogP contribution in [0.25, 0.3) is 0 Å². The quantitative estimate of drug-likeness (QED) is 0.817. The predicted molar refractivity (Wildman–Crippen MR) is 59.3 cm³/mol. The Morgan fingerprint density at radius 3 is 2.62 bits per heavy atom. The minimum Gasteiger partial charge on any atom is -0.396 e. The molecule has 0 aliphatic carbocycles. The Kier molecular flexibility index (Phi) is 4.49. The molecule has 16 heavy (non-hydrogen) atoms. The van der Waals surface area contributed by atoms with Gasteiger partial charge < -0.3 is 14.5 Å². The normalized spacial score (nSPS) is 10.5. The van der Waals surface area contributed by atoms with Crippen LogP contribution < -0.4 is 0 Å². The summed E-state index contributed by atoms with van der Waals surface area (Å²) >= 11 is 0. The van der Waals surface area contributed by atoms with E-state index in [2.05, 4.69) is 5.16 Å². The molecule has 0 unspecified atom stereocenters. The first-order chi connectivity index (χ1) is 7.61. The van der Waals surface area contributed by atoms with Crippen LogP contribution in [-0.2, 0) is 0 Å². The number of rotatable bonds is 5. The smallest absolute Gasteiger partial charge is 0.259 e. The molecule has 1 N–H and O–H groups in total. The number of aryl methyl sites for hydroxylation is 2. The third-order valence-electron chi connectivity index (χ3n) is 2.50. The lowest BCUT2D eigenvalue weighted by atomic mass is 10.1. The van der Waals surface area contributed by atoms with Crippen LogP contribution in [0, 0.1) is 13.8 Å². The van der Waals surface area contributed by atoms with Crippen molar-refractivity contribution in [1.29, 1.82) is 0 Å². The molecule has 0 aromatic carbocycles. The van der Waals surface area contributed by atoms with Crippen molar-refractivity contribution >= 4 is 5.91 Å². The van der Waals surface area contributed by atoms with Gasteiger partial charge in [0.05, 0.1) is 5.69 Å². The number of carbonyl (C=O) groups excluding carboxylic acids is 1. The summed E-state index contributed by atoms with van der Waals surface area (Å²) in [6.07, 6.45) is 0.586. The Morgan fingerprint density at radius 1 is 1.50 bits per heavy atom. The second kappa shape index (κ2) is 5.65.